The highest BCUT2D eigenvalue weighted by Crippen LogP contribution is 2.22. The summed E-state index contributed by atoms with van der Waals surface area (Å²) in [4.78, 5) is 4.02. The molecule has 1 aromatic carbocycles. The Labute approximate surface area is 87.8 Å². The first-order chi connectivity index (χ1) is 7.31. The maximum Gasteiger partial charge on any atom is 0.101 e. The number of nitrogen functional groups attached to an aromatic ring is 1. The molecule has 1 aromatic heterocycles. The molecule has 2 aromatic rings. The molecule has 1 heterocycles. The molecule has 2 N–H and O–H groups in total. The fourth-order valence-electron chi connectivity index (χ4n) is 1.37. The van der Waals surface area contributed by atoms with Crippen LogP contribution >= 0.6 is 0 Å². The van der Waals surface area contributed by atoms with Gasteiger partial charge in [0.25, 0.3) is 0 Å². The molecule has 0 atom stereocenters. The third-order valence-electron chi connectivity index (χ3n) is 2.17. The normalized spacial score (nSPS) is 9.53. The van der Waals surface area contributed by atoms with Crippen LogP contribution in [-0.4, -0.2) is 4.98 Å². The molecule has 0 spiro atoms. The van der Waals surface area contributed by atoms with Crippen molar-refractivity contribution in [3.8, 4) is 17.2 Å². The third-order valence-corrected chi connectivity index (χ3v) is 2.17. The minimum atomic E-state index is 0.497. The monoisotopic (exact) mass is 195 g/mol. The number of hydrogen-bond acceptors (Lipinski definition) is 3. The number of benzene rings is 1. The van der Waals surface area contributed by atoms with Crippen LogP contribution in [0.4, 0.5) is 5.69 Å². The van der Waals surface area contributed by atoms with E-state index < -0.39 is 0 Å². The van der Waals surface area contributed by atoms with Crippen LogP contribution in [0.1, 0.15) is 5.56 Å². The number of nitrogens with zero attached hydrogens (tertiary/aromatic N) is 2. The highest BCUT2D eigenvalue weighted by molar-refractivity contribution is 5.69. The summed E-state index contributed by atoms with van der Waals surface area (Å²) < 4.78 is 0. The van der Waals surface area contributed by atoms with E-state index in [1.54, 1.807) is 24.5 Å². The van der Waals surface area contributed by atoms with Crippen molar-refractivity contribution in [2.75, 3.05) is 5.73 Å². The van der Waals surface area contributed by atoms with Gasteiger partial charge in [-0.1, -0.05) is 12.1 Å². The first-order valence-corrected chi connectivity index (χ1v) is 4.51. The molecule has 3 heteroatoms. The van der Waals surface area contributed by atoms with Gasteiger partial charge in [-0.15, -0.1) is 0 Å². The number of rotatable bonds is 1. The Morgan fingerprint density at radius 2 is 2.07 bits per heavy atom. The summed E-state index contributed by atoms with van der Waals surface area (Å²) in [6.07, 6.45) is 3.47. The van der Waals surface area contributed by atoms with Crippen molar-refractivity contribution < 1.29 is 0 Å². The maximum atomic E-state index is 8.84. The third kappa shape index (κ3) is 1.79. The summed E-state index contributed by atoms with van der Waals surface area (Å²) in [7, 11) is 0. The highest BCUT2D eigenvalue weighted by atomic mass is 14.6. The van der Waals surface area contributed by atoms with Crippen molar-refractivity contribution in [3.05, 3.63) is 48.3 Å². The Bertz CT molecular complexity index is 512. The van der Waals surface area contributed by atoms with Gasteiger partial charge in [0.2, 0.25) is 0 Å². The standard InChI is InChI=1S/C12H9N3/c13-7-11-6-9(3-4-12(11)14)10-2-1-5-15-8-10/h1-6,8H,14H2. The van der Waals surface area contributed by atoms with Crippen molar-refractivity contribution in [1.29, 1.82) is 5.26 Å². The molecular weight excluding hydrogens is 186 g/mol. The van der Waals surface area contributed by atoms with Gasteiger partial charge in [-0.25, -0.2) is 0 Å². The van der Waals surface area contributed by atoms with Crippen LogP contribution < -0.4 is 5.73 Å². The van der Waals surface area contributed by atoms with E-state index >= 15 is 0 Å². The Morgan fingerprint density at radius 1 is 1.20 bits per heavy atom. The van der Waals surface area contributed by atoms with E-state index in [2.05, 4.69) is 11.1 Å². The van der Waals surface area contributed by atoms with Crippen LogP contribution in [0.2, 0.25) is 0 Å². The van der Waals surface area contributed by atoms with E-state index in [1.165, 1.54) is 0 Å². The van der Waals surface area contributed by atoms with Gasteiger partial charge in [0.05, 0.1) is 5.56 Å². The average Bonchev–Trinajstić information content (AvgIpc) is 2.31. The first-order valence-electron chi connectivity index (χ1n) is 4.51. The second-order valence-corrected chi connectivity index (χ2v) is 3.16. The van der Waals surface area contributed by atoms with Gasteiger partial charge >= 0.3 is 0 Å². The summed E-state index contributed by atoms with van der Waals surface area (Å²) >= 11 is 0. The SMILES string of the molecule is N#Cc1cc(-c2cccnc2)ccc1N. The largest absolute Gasteiger partial charge is 0.398 e. The molecule has 0 radical (unpaired) electrons. The van der Waals surface area contributed by atoms with E-state index in [0.29, 0.717) is 11.3 Å². The van der Waals surface area contributed by atoms with E-state index in [-0.39, 0.29) is 0 Å². The molecule has 0 fully saturated rings. The van der Waals surface area contributed by atoms with E-state index in [1.807, 2.05) is 18.2 Å². The number of nitrogens with two attached hydrogens (primary N) is 1. The second kappa shape index (κ2) is 3.81. The van der Waals surface area contributed by atoms with Gasteiger partial charge in [-0.05, 0) is 23.8 Å². The number of anilines is 1. The zero-order chi connectivity index (χ0) is 10.7. The molecule has 0 unspecified atom stereocenters. The lowest BCUT2D eigenvalue weighted by Gasteiger charge is -2.02. The average molecular weight is 195 g/mol. The summed E-state index contributed by atoms with van der Waals surface area (Å²) in [6, 6.07) is 11.3. The highest BCUT2D eigenvalue weighted by Gasteiger charge is 2.01. The molecule has 0 aliphatic rings. The lowest BCUT2D eigenvalue weighted by Crippen LogP contribution is -1.90. The summed E-state index contributed by atoms with van der Waals surface area (Å²) in [5, 5.41) is 8.84. The van der Waals surface area contributed by atoms with Gasteiger partial charge in [-0.2, -0.15) is 5.26 Å². The lowest BCUT2D eigenvalue weighted by atomic mass is 10.0. The van der Waals surface area contributed by atoms with Crippen molar-refractivity contribution in [1.82, 2.24) is 4.98 Å². The summed E-state index contributed by atoms with van der Waals surface area (Å²) in [5.41, 5.74) is 8.57. The Kier molecular flexibility index (Phi) is 2.34. The molecular formula is C12H9N3. The predicted molar refractivity (Wildman–Crippen MR) is 58.8 cm³/mol. The first kappa shape index (κ1) is 9.22. The molecule has 2 rings (SSSR count). The van der Waals surface area contributed by atoms with Gasteiger partial charge in [-0.3, -0.25) is 4.98 Å². The van der Waals surface area contributed by atoms with E-state index in [0.717, 1.165) is 11.1 Å². The molecule has 0 bridgehead atoms. The molecule has 0 saturated heterocycles. The Hall–Kier alpha value is -2.34. The van der Waals surface area contributed by atoms with Gasteiger partial charge in [0, 0.05) is 23.6 Å². The van der Waals surface area contributed by atoms with Crippen molar-refractivity contribution >= 4 is 5.69 Å². The minimum absolute atomic E-state index is 0.497. The van der Waals surface area contributed by atoms with Gasteiger partial charge in [0.15, 0.2) is 0 Å². The Morgan fingerprint density at radius 3 is 2.73 bits per heavy atom. The quantitative estimate of drug-likeness (QED) is 0.709. The molecule has 3 nitrogen and oxygen atoms in total. The van der Waals surface area contributed by atoms with E-state index in [9.17, 15) is 0 Å². The van der Waals surface area contributed by atoms with Gasteiger partial charge in [0.1, 0.15) is 6.07 Å². The minimum Gasteiger partial charge on any atom is -0.398 e. The topological polar surface area (TPSA) is 62.7 Å². The molecule has 0 aliphatic heterocycles. The van der Waals surface area contributed by atoms with E-state index in [4.69, 9.17) is 11.0 Å². The number of pyridine rings is 1. The maximum absolute atomic E-state index is 8.84. The Balaban J connectivity index is 2.52. The lowest BCUT2D eigenvalue weighted by molar-refractivity contribution is 1.33. The number of hydrogen-bond donors (Lipinski definition) is 1. The smallest absolute Gasteiger partial charge is 0.101 e. The van der Waals surface area contributed by atoms with Crippen molar-refractivity contribution in [2.24, 2.45) is 0 Å². The zero-order valence-corrected chi connectivity index (χ0v) is 8.01. The van der Waals surface area contributed by atoms with Crippen LogP contribution in [0.25, 0.3) is 11.1 Å². The number of aromatic nitrogens is 1. The van der Waals surface area contributed by atoms with Crippen LogP contribution in [-0.2, 0) is 0 Å². The van der Waals surface area contributed by atoms with Crippen molar-refractivity contribution in [3.63, 3.8) is 0 Å². The zero-order valence-electron chi connectivity index (χ0n) is 8.01. The molecule has 0 aliphatic carbocycles. The molecule has 15 heavy (non-hydrogen) atoms. The second-order valence-electron chi connectivity index (χ2n) is 3.16. The van der Waals surface area contributed by atoms with Crippen LogP contribution in [0.3, 0.4) is 0 Å². The fraction of sp³-hybridized carbons (Fsp3) is 0. The van der Waals surface area contributed by atoms with Crippen LogP contribution in [0.15, 0.2) is 42.7 Å². The molecule has 0 saturated carbocycles. The predicted octanol–water partition coefficient (Wildman–Crippen LogP) is 2.20. The van der Waals surface area contributed by atoms with Crippen LogP contribution in [0, 0.1) is 11.3 Å². The summed E-state index contributed by atoms with van der Waals surface area (Å²) in [5.74, 6) is 0. The molecule has 0 amide bonds. The van der Waals surface area contributed by atoms with Crippen LogP contribution in [0.5, 0.6) is 0 Å². The van der Waals surface area contributed by atoms with Crippen molar-refractivity contribution in [2.45, 2.75) is 0 Å². The van der Waals surface area contributed by atoms with Gasteiger partial charge < -0.3 is 5.73 Å². The molecule has 72 valence electrons. The summed E-state index contributed by atoms with van der Waals surface area (Å²) in [6.45, 7) is 0. The number of nitriles is 1. The fourth-order valence-corrected chi connectivity index (χ4v) is 1.37.